The lowest BCUT2D eigenvalue weighted by Gasteiger charge is -2.46. The molecule has 0 aromatic heterocycles. The maximum atomic E-state index is 12.3. The van der Waals surface area contributed by atoms with Crippen molar-refractivity contribution >= 4 is 12.0 Å². The van der Waals surface area contributed by atoms with Crippen molar-refractivity contribution in [3.63, 3.8) is 0 Å². The van der Waals surface area contributed by atoms with Gasteiger partial charge < -0.3 is 19.8 Å². The van der Waals surface area contributed by atoms with Crippen LogP contribution in [-0.2, 0) is 4.79 Å². The summed E-state index contributed by atoms with van der Waals surface area (Å²) >= 11 is 0. The third-order valence-electron chi connectivity index (χ3n) is 4.51. The number of carboxylic acids is 1. The maximum absolute atomic E-state index is 12.3. The number of likely N-dealkylation sites (tertiary alicyclic amines) is 1. The highest BCUT2D eigenvalue weighted by atomic mass is 16.4. The lowest BCUT2D eigenvalue weighted by Crippen LogP contribution is -2.61. The Morgan fingerprint density at radius 3 is 2.32 bits per heavy atom. The number of nitrogens with zero attached hydrogens (tertiary/aromatic N) is 3. The van der Waals surface area contributed by atoms with Gasteiger partial charge >= 0.3 is 12.0 Å². The molecular weight excluding hydrogens is 246 g/mol. The predicted octanol–water partition coefficient (Wildman–Crippen LogP) is 0.395. The fourth-order valence-corrected chi connectivity index (χ4v) is 2.61. The highest BCUT2D eigenvalue weighted by molar-refractivity contribution is 5.76. The Balaban J connectivity index is 1.82. The van der Waals surface area contributed by atoms with Crippen LogP contribution in [0.15, 0.2) is 0 Å². The van der Waals surface area contributed by atoms with Gasteiger partial charge in [0.2, 0.25) is 0 Å². The van der Waals surface area contributed by atoms with Crippen molar-refractivity contribution in [2.75, 3.05) is 39.8 Å². The Kier molecular flexibility index (Phi) is 3.99. The number of rotatable bonds is 2. The van der Waals surface area contributed by atoms with E-state index in [9.17, 15) is 9.59 Å². The van der Waals surface area contributed by atoms with Crippen LogP contribution in [-0.4, -0.2) is 77.6 Å². The van der Waals surface area contributed by atoms with Crippen LogP contribution in [0.4, 0.5) is 4.79 Å². The lowest BCUT2D eigenvalue weighted by molar-refractivity contribution is -0.145. The number of carbonyl (C=O) groups is 2. The van der Waals surface area contributed by atoms with E-state index in [0.717, 1.165) is 19.6 Å². The molecule has 2 rings (SSSR count). The molecule has 0 saturated carbocycles. The van der Waals surface area contributed by atoms with Gasteiger partial charge in [-0.1, -0.05) is 6.92 Å². The summed E-state index contributed by atoms with van der Waals surface area (Å²) in [6, 6.07) is 0.446. The zero-order valence-corrected chi connectivity index (χ0v) is 11.9. The highest BCUT2D eigenvalue weighted by Gasteiger charge is 2.39. The molecule has 2 saturated heterocycles. The van der Waals surface area contributed by atoms with Gasteiger partial charge in [-0.05, 0) is 14.0 Å². The van der Waals surface area contributed by atoms with Gasteiger partial charge in [0, 0.05) is 44.7 Å². The molecule has 0 radical (unpaired) electrons. The molecule has 2 amide bonds. The molecule has 2 atom stereocenters. The Bertz CT molecular complexity index is 368. The summed E-state index contributed by atoms with van der Waals surface area (Å²) in [4.78, 5) is 29.0. The molecule has 2 heterocycles. The van der Waals surface area contributed by atoms with Crippen LogP contribution < -0.4 is 0 Å². The molecule has 2 aliphatic rings. The number of carbonyl (C=O) groups excluding carboxylic acids is 1. The summed E-state index contributed by atoms with van der Waals surface area (Å²) < 4.78 is 0. The maximum Gasteiger partial charge on any atom is 0.320 e. The number of urea groups is 1. The molecule has 6 nitrogen and oxygen atoms in total. The second kappa shape index (κ2) is 5.36. The van der Waals surface area contributed by atoms with Crippen LogP contribution >= 0.6 is 0 Å². The fraction of sp³-hybridized carbons (Fsp3) is 0.846. The van der Waals surface area contributed by atoms with E-state index in [0.29, 0.717) is 19.1 Å². The SMILES string of the molecule is CC(C(=O)O)C1CN(C(=O)N2CCN(C)C(C)C2)C1. The summed E-state index contributed by atoms with van der Waals surface area (Å²) in [7, 11) is 2.07. The van der Waals surface area contributed by atoms with Crippen LogP contribution in [0.3, 0.4) is 0 Å². The second-order valence-electron chi connectivity index (χ2n) is 5.85. The predicted molar refractivity (Wildman–Crippen MR) is 70.9 cm³/mol. The number of hydrogen-bond acceptors (Lipinski definition) is 3. The normalized spacial score (nSPS) is 27.0. The summed E-state index contributed by atoms with van der Waals surface area (Å²) in [6.45, 7) is 7.40. The van der Waals surface area contributed by atoms with Crippen LogP contribution in [0.25, 0.3) is 0 Å². The van der Waals surface area contributed by atoms with Gasteiger partial charge in [0.05, 0.1) is 5.92 Å². The van der Waals surface area contributed by atoms with Crippen LogP contribution in [0.2, 0.25) is 0 Å². The zero-order valence-electron chi connectivity index (χ0n) is 11.9. The van der Waals surface area contributed by atoms with E-state index in [1.54, 1.807) is 11.8 Å². The molecule has 2 fully saturated rings. The van der Waals surface area contributed by atoms with E-state index in [1.165, 1.54) is 0 Å². The Morgan fingerprint density at radius 1 is 1.16 bits per heavy atom. The number of amides is 2. The highest BCUT2D eigenvalue weighted by Crippen LogP contribution is 2.25. The number of carboxylic acid groups (broad SMARTS) is 1. The first-order valence-electron chi connectivity index (χ1n) is 6.87. The Morgan fingerprint density at radius 2 is 1.79 bits per heavy atom. The molecule has 2 unspecified atom stereocenters. The summed E-state index contributed by atoms with van der Waals surface area (Å²) in [5.41, 5.74) is 0. The van der Waals surface area contributed by atoms with E-state index >= 15 is 0 Å². The third kappa shape index (κ3) is 2.83. The molecule has 0 aliphatic carbocycles. The molecule has 6 heteroatoms. The number of aliphatic carboxylic acids is 1. The molecule has 0 aromatic rings. The van der Waals surface area contributed by atoms with E-state index in [-0.39, 0.29) is 17.9 Å². The number of piperazine rings is 1. The van der Waals surface area contributed by atoms with E-state index in [4.69, 9.17) is 5.11 Å². The van der Waals surface area contributed by atoms with Crippen LogP contribution in [0, 0.1) is 11.8 Å². The van der Waals surface area contributed by atoms with Crippen molar-refractivity contribution in [2.45, 2.75) is 19.9 Å². The first kappa shape index (κ1) is 14.1. The Hall–Kier alpha value is -1.30. The van der Waals surface area contributed by atoms with Crippen molar-refractivity contribution in [1.29, 1.82) is 0 Å². The fourth-order valence-electron chi connectivity index (χ4n) is 2.61. The summed E-state index contributed by atoms with van der Waals surface area (Å²) in [5, 5.41) is 8.94. The minimum atomic E-state index is -0.773. The van der Waals surface area contributed by atoms with E-state index in [2.05, 4.69) is 18.9 Å². The standard InChI is InChI=1S/C13H23N3O3/c1-9-6-15(5-4-14(9)3)13(19)16-7-11(8-16)10(2)12(17)18/h9-11H,4-8H2,1-3H3,(H,17,18). The van der Waals surface area contributed by atoms with Crippen LogP contribution in [0.5, 0.6) is 0 Å². The van der Waals surface area contributed by atoms with Gasteiger partial charge in [0.1, 0.15) is 0 Å². The topological polar surface area (TPSA) is 64.1 Å². The minimum Gasteiger partial charge on any atom is -0.481 e. The largest absolute Gasteiger partial charge is 0.481 e. The monoisotopic (exact) mass is 269 g/mol. The lowest BCUT2D eigenvalue weighted by atomic mass is 9.87. The van der Waals surface area contributed by atoms with Gasteiger partial charge in [0.15, 0.2) is 0 Å². The molecule has 19 heavy (non-hydrogen) atoms. The quantitative estimate of drug-likeness (QED) is 0.788. The molecule has 0 bridgehead atoms. The first-order valence-corrected chi connectivity index (χ1v) is 6.87. The van der Waals surface area contributed by atoms with E-state index in [1.807, 2.05) is 4.90 Å². The second-order valence-corrected chi connectivity index (χ2v) is 5.85. The van der Waals surface area contributed by atoms with Crippen molar-refractivity contribution in [1.82, 2.24) is 14.7 Å². The van der Waals surface area contributed by atoms with Crippen molar-refractivity contribution < 1.29 is 14.7 Å². The molecular formula is C13H23N3O3. The van der Waals surface area contributed by atoms with Gasteiger partial charge in [-0.3, -0.25) is 4.79 Å². The zero-order chi connectivity index (χ0) is 14.2. The van der Waals surface area contributed by atoms with E-state index < -0.39 is 5.97 Å². The van der Waals surface area contributed by atoms with Gasteiger partial charge in [0.25, 0.3) is 0 Å². The third-order valence-corrected chi connectivity index (χ3v) is 4.51. The molecule has 2 aliphatic heterocycles. The smallest absolute Gasteiger partial charge is 0.320 e. The number of hydrogen-bond donors (Lipinski definition) is 1. The minimum absolute atomic E-state index is 0.0637. The average Bonchev–Trinajstić information content (AvgIpc) is 2.30. The van der Waals surface area contributed by atoms with Gasteiger partial charge in [-0.15, -0.1) is 0 Å². The van der Waals surface area contributed by atoms with Crippen LogP contribution in [0.1, 0.15) is 13.8 Å². The number of likely N-dealkylation sites (N-methyl/N-ethyl adjacent to an activating group) is 1. The summed E-state index contributed by atoms with van der Waals surface area (Å²) in [6.07, 6.45) is 0. The summed E-state index contributed by atoms with van der Waals surface area (Å²) in [5.74, 6) is -1.04. The first-order chi connectivity index (χ1) is 8.90. The molecule has 1 N–H and O–H groups in total. The van der Waals surface area contributed by atoms with Gasteiger partial charge in [-0.25, -0.2) is 4.79 Å². The van der Waals surface area contributed by atoms with Gasteiger partial charge in [-0.2, -0.15) is 0 Å². The molecule has 108 valence electrons. The van der Waals surface area contributed by atoms with Crippen molar-refractivity contribution in [2.24, 2.45) is 11.8 Å². The average molecular weight is 269 g/mol. The van der Waals surface area contributed by atoms with Crippen molar-refractivity contribution in [3.05, 3.63) is 0 Å². The van der Waals surface area contributed by atoms with Crippen molar-refractivity contribution in [3.8, 4) is 0 Å². The Labute approximate surface area is 114 Å². The molecule has 0 aromatic carbocycles. The molecule has 0 spiro atoms.